The van der Waals surface area contributed by atoms with Gasteiger partial charge in [0.15, 0.2) is 12.0 Å². The van der Waals surface area contributed by atoms with Crippen LogP contribution in [0.25, 0.3) is 22.3 Å². The molecule has 0 saturated carbocycles. The largest absolute Gasteiger partial charge is 0.489 e. The number of aliphatic hydroxyl groups excluding tert-OH is 4. The molecule has 0 unspecified atom stereocenters. The predicted octanol–water partition coefficient (Wildman–Crippen LogP) is 3.81. The molecule has 0 aliphatic carbocycles. The molecule has 3 heterocycles. The lowest BCUT2D eigenvalue weighted by atomic mass is 9.99. The molecule has 4 N–H and O–H groups in total. The van der Waals surface area contributed by atoms with Crippen molar-refractivity contribution in [2.45, 2.75) is 30.7 Å². The van der Waals surface area contributed by atoms with Gasteiger partial charge in [-0.3, -0.25) is 9.97 Å². The second-order valence-electron chi connectivity index (χ2n) is 11.2. The average molecular weight is 655 g/mol. The standard InChI is InChI=1S/C40H34N2O7/c43-26-35-36(44)37(45)38(46)40(49-35)48-25-24-47-39-33(14-8-27-4-10-29(11-5-27)31-16-20-41-21-17-31)2-1-3-34(39)15-9-28-6-12-30(13-7-28)32-18-22-42-23-19-32/h1-7,10-13,16-23,35-38,40,43-46H,24-26H2/t35-,36-,37+,38-,40-/m1/s1. The van der Waals surface area contributed by atoms with Gasteiger partial charge in [0.05, 0.1) is 24.3 Å². The van der Waals surface area contributed by atoms with Crippen LogP contribution >= 0.6 is 0 Å². The highest BCUT2D eigenvalue weighted by Crippen LogP contribution is 2.26. The van der Waals surface area contributed by atoms with Gasteiger partial charge in [0.25, 0.3) is 0 Å². The van der Waals surface area contributed by atoms with Crippen molar-refractivity contribution < 1.29 is 34.6 Å². The van der Waals surface area contributed by atoms with E-state index in [9.17, 15) is 20.4 Å². The molecule has 0 spiro atoms. The summed E-state index contributed by atoms with van der Waals surface area (Å²) in [4.78, 5) is 8.16. The second kappa shape index (κ2) is 16.2. The zero-order valence-corrected chi connectivity index (χ0v) is 26.4. The number of nitrogens with zero attached hydrogens (tertiary/aromatic N) is 2. The van der Waals surface area contributed by atoms with Gasteiger partial charge in [-0.05, 0) is 82.9 Å². The second-order valence-corrected chi connectivity index (χ2v) is 11.2. The summed E-state index contributed by atoms with van der Waals surface area (Å²) in [6.45, 7) is -0.553. The van der Waals surface area contributed by atoms with E-state index < -0.39 is 37.3 Å². The van der Waals surface area contributed by atoms with Crippen molar-refractivity contribution in [2.24, 2.45) is 0 Å². The summed E-state index contributed by atoms with van der Waals surface area (Å²) in [5, 5.41) is 39.9. The van der Waals surface area contributed by atoms with Crippen LogP contribution in [0.15, 0.2) is 116 Å². The molecule has 1 saturated heterocycles. The number of aromatic nitrogens is 2. The minimum absolute atomic E-state index is 0.0314. The molecule has 9 heteroatoms. The number of rotatable bonds is 8. The third-order valence-electron chi connectivity index (χ3n) is 7.96. The molecule has 0 bridgehead atoms. The first kappa shape index (κ1) is 33.5. The summed E-state index contributed by atoms with van der Waals surface area (Å²) in [5.74, 6) is 13.3. The molecule has 0 amide bonds. The van der Waals surface area contributed by atoms with E-state index in [2.05, 4.69) is 33.6 Å². The molecule has 2 aromatic heterocycles. The number of hydrogen-bond donors (Lipinski definition) is 4. The lowest BCUT2D eigenvalue weighted by molar-refractivity contribution is -0.301. The zero-order chi connectivity index (χ0) is 34.0. The first-order valence-electron chi connectivity index (χ1n) is 15.7. The predicted molar refractivity (Wildman–Crippen MR) is 183 cm³/mol. The molecule has 49 heavy (non-hydrogen) atoms. The Hall–Kier alpha value is -5.36. The highest BCUT2D eigenvalue weighted by atomic mass is 16.7. The number of hydrogen-bond acceptors (Lipinski definition) is 9. The van der Waals surface area contributed by atoms with Crippen molar-refractivity contribution in [2.75, 3.05) is 19.8 Å². The Labute approximate surface area is 284 Å². The van der Waals surface area contributed by atoms with E-state index in [1.807, 2.05) is 91.0 Å². The molecule has 5 aromatic rings. The fraction of sp³-hybridized carbons (Fsp3) is 0.200. The minimum atomic E-state index is -1.53. The molecule has 5 atom stereocenters. The topological polar surface area (TPSA) is 134 Å². The maximum absolute atomic E-state index is 10.3. The van der Waals surface area contributed by atoms with Gasteiger partial charge in [-0.1, -0.05) is 54.0 Å². The number of pyridine rings is 2. The van der Waals surface area contributed by atoms with E-state index in [0.29, 0.717) is 16.9 Å². The fourth-order valence-electron chi connectivity index (χ4n) is 5.26. The molecule has 6 rings (SSSR count). The molecular weight excluding hydrogens is 620 g/mol. The number of benzene rings is 3. The first-order valence-corrected chi connectivity index (χ1v) is 15.7. The van der Waals surface area contributed by atoms with Crippen LogP contribution in [0.2, 0.25) is 0 Å². The Bertz CT molecular complexity index is 1830. The van der Waals surface area contributed by atoms with E-state index in [1.165, 1.54) is 0 Å². The van der Waals surface area contributed by atoms with Crippen molar-refractivity contribution in [3.63, 3.8) is 0 Å². The van der Waals surface area contributed by atoms with Gasteiger partial charge in [-0.25, -0.2) is 0 Å². The van der Waals surface area contributed by atoms with Gasteiger partial charge in [0.2, 0.25) is 0 Å². The van der Waals surface area contributed by atoms with Crippen LogP contribution in [0.1, 0.15) is 22.3 Å². The Morgan fingerprint density at radius 3 is 1.55 bits per heavy atom. The van der Waals surface area contributed by atoms with Gasteiger partial charge >= 0.3 is 0 Å². The van der Waals surface area contributed by atoms with Crippen LogP contribution in [0.3, 0.4) is 0 Å². The summed E-state index contributed by atoms with van der Waals surface area (Å²) >= 11 is 0. The Kier molecular flexibility index (Phi) is 11.1. The van der Waals surface area contributed by atoms with E-state index >= 15 is 0 Å². The van der Waals surface area contributed by atoms with Crippen molar-refractivity contribution in [3.8, 4) is 51.7 Å². The van der Waals surface area contributed by atoms with Gasteiger partial charge in [0.1, 0.15) is 31.0 Å². The van der Waals surface area contributed by atoms with Crippen molar-refractivity contribution in [3.05, 3.63) is 138 Å². The van der Waals surface area contributed by atoms with Crippen molar-refractivity contribution >= 4 is 0 Å². The Balaban J connectivity index is 1.22. The Morgan fingerprint density at radius 2 is 1.06 bits per heavy atom. The molecule has 3 aromatic carbocycles. The van der Waals surface area contributed by atoms with Crippen LogP contribution < -0.4 is 4.74 Å². The van der Waals surface area contributed by atoms with E-state index in [1.54, 1.807) is 24.8 Å². The smallest absolute Gasteiger partial charge is 0.186 e. The molecule has 0 radical (unpaired) electrons. The number of ether oxygens (including phenoxy) is 3. The van der Waals surface area contributed by atoms with Gasteiger partial charge in [-0.15, -0.1) is 0 Å². The third-order valence-corrected chi connectivity index (χ3v) is 7.96. The van der Waals surface area contributed by atoms with Gasteiger partial charge in [-0.2, -0.15) is 0 Å². The Morgan fingerprint density at radius 1 is 0.571 bits per heavy atom. The highest BCUT2D eigenvalue weighted by Gasteiger charge is 2.43. The summed E-state index contributed by atoms with van der Waals surface area (Å²) in [5.41, 5.74) is 7.12. The fourth-order valence-corrected chi connectivity index (χ4v) is 5.26. The third kappa shape index (κ3) is 8.39. The summed E-state index contributed by atoms with van der Waals surface area (Å²) in [7, 11) is 0. The summed E-state index contributed by atoms with van der Waals surface area (Å²) < 4.78 is 17.3. The lowest BCUT2D eigenvalue weighted by Gasteiger charge is -2.39. The van der Waals surface area contributed by atoms with Crippen LogP contribution in [0.5, 0.6) is 5.75 Å². The normalized spacial score (nSPS) is 20.0. The molecule has 1 aliphatic heterocycles. The first-order chi connectivity index (χ1) is 24.0. The van der Waals surface area contributed by atoms with Gasteiger partial charge < -0.3 is 34.6 Å². The summed E-state index contributed by atoms with van der Waals surface area (Å²) in [6.07, 6.45) is 0.180. The van der Waals surface area contributed by atoms with E-state index in [0.717, 1.165) is 33.4 Å². The monoisotopic (exact) mass is 654 g/mol. The summed E-state index contributed by atoms with van der Waals surface area (Å²) in [6, 6.07) is 29.2. The number of para-hydroxylation sites is 1. The zero-order valence-electron chi connectivity index (χ0n) is 26.4. The lowest BCUT2D eigenvalue weighted by Crippen LogP contribution is -2.59. The van der Waals surface area contributed by atoms with Crippen LogP contribution in [0.4, 0.5) is 0 Å². The molecule has 9 nitrogen and oxygen atoms in total. The van der Waals surface area contributed by atoms with Crippen LogP contribution in [0, 0.1) is 23.7 Å². The SMILES string of the molecule is OC[C@H]1O[C@@H](OCCOc2c(C#Cc3ccc(-c4ccncc4)cc3)cccc2C#Cc2ccc(-c3ccncc3)cc2)[C@H](O)[C@@H](O)[C@@H]1O. The molecule has 1 fully saturated rings. The average Bonchev–Trinajstić information content (AvgIpc) is 3.16. The van der Waals surface area contributed by atoms with E-state index in [-0.39, 0.29) is 13.2 Å². The molecule has 246 valence electrons. The maximum atomic E-state index is 10.3. The van der Waals surface area contributed by atoms with Crippen molar-refractivity contribution in [1.82, 2.24) is 9.97 Å². The van der Waals surface area contributed by atoms with Crippen LogP contribution in [-0.2, 0) is 9.47 Å². The molecular formula is C40H34N2O7. The van der Waals surface area contributed by atoms with Crippen molar-refractivity contribution in [1.29, 1.82) is 0 Å². The number of aliphatic hydroxyl groups is 4. The minimum Gasteiger partial charge on any atom is -0.489 e. The highest BCUT2D eigenvalue weighted by molar-refractivity contribution is 5.66. The van der Waals surface area contributed by atoms with E-state index in [4.69, 9.17) is 14.2 Å². The maximum Gasteiger partial charge on any atom is 0.186 e. The van der Waals surface area contributed by atoms with Gasteiger partial charge in [0, 0.05) is 35.9 Å². The van der Waals surface area contributed by atoms with Crippen LogP contribution in [-0.4, -0.2) is 80.9 Å². The quantitative estimate of drug-likeness (QED) is 0.146. The molecule has 1 aliphatic rings.